The van der Waals surface area contributed by atoms with Gasteiger partial charge in [0.2, 0.25) is 0 Å². The van der Waals surface area contributed by atoms with E-state index in [0.29, 0.717) is 0 Å². The molecule has 0 rings (SSSR count). The van der Waals surface area contributed by atoms with Gasteiger partial charge in [0.05, 0.1) is 0 Å². The predicted molar refractivity (Wildman–Crippen MR) is 56.7 cm³/mol. The van der Waals surface area contributed by atoms with E-state index in [9.17, 15) is 0 Å². The molecule has 62 valence electrons. The van der Waals surface area contributed by atoms with Crippen molar-refractivity contribution in [3.63, 3.8) is 0 Å². The van der Waals surface area contributed by atoms with Crippen LogP contribution in [0.4, 0.5) is 0 Å². The van der Waals surface area contributed by atoms with E-state index in [1.165, 1.54) is 25.7 Å². The van der Waals surface area contributed by atoms with Gasteiger partial charge >= 0.3 is 69.5 Å². The van der Waals surface area contributed by atoms with Crippen LogP contribution in [0.2, 0.25) is 8.87 Å². The van der Waals surface area contributed by atoms with Crippen LogP contribution in [0.3, 0.4) is 0 Å². The van der Waals surface area contributed by atoms with Gasteiger partial charge in [0.15, 0.2) is 0 Å². The standard InChI is InChI=1S/2C4H9.3Sn/c2*1-3-4-2;;;/h2*1,3-4H2,2H3;;;. The van der Waals surface area contributed by atoms with Gasteiger partial charge < -0.3 is 0 Å². The van der Waals surface area contributed by atoms with E-state index in [1.807, 2.05) is 0 Å². The van der Waals surface area contributed by atoms with Crippen molar-refractivity contribution < 1.29 is 0 Å². The van der Waals surface area contributed by atoms with E-state index in [4.69, 9.17) is 0 Å². The summed E-state index contributed by atoms with van der Waals surface area (Å²) in [7, 11) is 0. The van der Waals surface area contributed by atoms with Crippen LogP contribution in [0, 0.1) is 0 Å². The molecule has 10 radical (unpaired) electrons. The third-order valence-electron chi connectivity index (χ3n) is 1.41. The minimum Gasteiger partial charge on any atom is 0 e. The van der Waals surface area contributed by atoms with Gasteiger partial charge in [0, 0.05) is 47.8 Å². The normalized spacial score (nSPS) is 8.18. The summed E-state index contributed by atoms with van der Waals surface area (Å²) in [6.45, 7) is 4.58. The van der Waals surface area contributed by atoms with Gasteiger partial charge in [-0.05, 0) is 0 Å². The molecule has 0 spiro atoms. The molecule has 0 aromatic heterocycles. The van der Waals surface area contributed by atoms with Crippen LogP contribution in [-0.4, -0.2) is 69.0 Å². The van der Waals surface area contributed by atoms with Crippen LogP contribution < -0.4 is 0 Å². The molecule has 0 aliphatic heterocycles. The second-order valence-electron chi connectivity index (χ2n) is 2.46. The van der Waals surface area contributed by atoms with Crippen LogP contribution in [0.15, 0.2) is 0 Å². The molecule has 0 saturated carbocycles. The van der Waals surface area contributed by atoms with Crippen molar-refractivity contribution in [3.8, 4) is 0 Å². The van der Waals surface area contributed by atoms with Crippen molar-refractivity contribution in [2.75, 3.05) is 0 Å². The zero-order valence-corrected chi connectivity index (χ0v) is 16.3. The number of unbranched alkanes of at least 4 members (excludes halogenated alkanes) is 2. The zero-order chi connectivity index (χ0) is 6.95. The molecule has 0 amide bonds. The maximum atomic E-state index is 2.29. The smallest absolute Gasteiger partial charge is 0 e. The van der Waals surface area contributed by atoms with E-state index in [-0.39, 0.29) is 69.0 Å². The minimum absolute atomic E-state index is 0. The number of hydrogen-bond acceptors (Lipinski definition) is 0. The maximum absolute atomic E-state index is 2.29. The topological polar surface area (TPSA) is 0 Å². The average molecular weight is 470 g/mol. The number of hydrogen-bond donors (Lipinski definition) is 0. The molecule has 0 aromatic carbocycles. The first-order valence-corrected chi connectivity index (χ1v) is 8.16. The second-order valence-corrected chi connectivity index (χ2v) is 6.74. The van der Waals surface area contributed by atoms with Crippen LogP contribution >= 0.6 is 0 Å². The Morgan fingerprint density at radius 3 is 1.45 bits per heavy atom. The average Bonchev–Trinajstić information content (AvgIpc) is 1.89. The molecule has 0 unspecified atom stereocenters. The van der Waals surface area contributed by atoms with Gasteiger partial charge in [0.1, 0.15) is 0 Å². The summed E-state index contributed by atoms with van der Waals surface area (Å²) < 4.78 is 3.25. The zero-order valence-electron chi connectivity index (χ0n) is 7.74. The summed E-state index contributed by atoms with van der Waals surface area (Å²) in [5, 5.41) is 0. The van der Waals surface area contributed by atoms with Crippen LogP contribution in [0.5, 0.6) is 0 Å². The predicted octanol–water partition coefficient (Wildman–Crippen LogP) is 2.37. The Bertz CT molecular complexity index is 42.6. The van der Waals surface area contributed by atoms with Gasteiger partial charge in [-0.1, -0.05) is 0 Å². The Morgan fingerprint density at radius 2 is 1.18 bits per heavy atom. The summed E-state index contributed by atoms with van der Waals surface area (Å²) in [6.07, 6.45) is 5.84. The summed E-state index contributed by atoms with van der Waals surface area (Å²) in [6, 6.07) is 0. The van der Waals surface area contributed by atoms with Gasteiger partial charge in [-0.25, -0.2) is 0 Å². The van der Waals surface area contributed by atoms with Gasteiger partial charge in [-0.2, -0.15) is 0 Å². The fourth-order valence-electron chi connectivity index (χ4n) is 0.729. The van der Waals surface area contributed by atoms with E-state index >= 15 is 0 Å². The van der Waals surface area contributed by atoms with Gasteiger partial charge in [-0.3, -0.25) is 0 Å². The van der Waals surface area contributed by atoms with Crippen molar-refractivity contribution >= 4 is 69.0 Å². The largest absolute Gasteiger partial charge is 0 e. The van der Waals surface area contributed by atoms with Crippen molar-refractivity contribution in [3.05, 3.63) is 0 Å². The molecule has 0 N–H and O–H groups in total. The monoisotopic (exact) mass is 474 g/mol. The van der Waals surface area contributed by atoms with E-state index in [2.05, 4.69) is 13.8 Å². The van der Waals surface area contributed by atoms with Crippen LogP contribution in [0.1, 0.15) is 39.5 Å². The van der Waals surface area contributed by atoms with Gasteiger partial charge in [0.25, 0.3) is 0 Å². The molecule has 0 aliphatic rings. The van der Waals surface area contributed by atoms with E-state index < -0.39 is 0 Å². The molecule has 0 aromatic rings. The summed E-state index contributed by atoms with van der Waals surface area (Å²) in [5.74, 6) is 0. The van der Waals surface area contributed by atoms with Crippen LogP contribution in [-0.2, 0) is 0 Å². The Morgan fingerprint density at radius 1 is 0.818 bits per heavy atom. The van der Waals surface area contributed by atoms with Crippen molar-refractivity contribution in [1.82, 2.24) is 0 Å². The molecule has 3 heteroatoms. The quantitative estimate of drug-likeness (QED) is 0.413. The van der Waals surface area contributed by atoms with Crippen molar-refractivity contribution in [2.24, 2.45) is 0 Å². The molecule has 0 fully saturated rings. The van der Waals surface area contributed by atoms with Crippen molar-refractivity contribution in [1.29, 1.82) is 0 Å². The molecular weight excluding hydrogens is 452 g/mol. The number of rotatable bonds is 6. The Kier molecular flexibility index (Phi) is 31.6. The minimum atomic E-state index is 0. The van der Waals surface area contributed by atoms with Crippen molar-refractivity contribution in [2.45, 2.75) is 48.4 Å². The molecule has 0 aliphatic carbocycles. The Balaban J connectivity index is -0.000000320. The molecule has 11 heavy (non-hydrogen) atoms. The molecule has 0 heterocycles. The first-order chi connectivity index (χ1) is 4.41. The van der Waals surface area contributed by atoms with E-state index in [0.717, 1.165) is 0 Å². The first kappa shape index (κ1) is 19.0. The molecule has 0 saturated heterocycles. The van der Waals surface area contributed by atoms with Crippen LogP contribution in [0.25, 0.3) is 0 Å². The van der Waals surface area contributed by atoms with Gasteiger partial charge in [-0.15, -0.1) is 0 Å². The fraction of sp³-hybridized carbons (Fsp3) is 1.00. The molecule has 0 bridgehead atoms. The van der Waals surface area contributed by atoms with E-state index in [1.54, 1.807) is 8.87 Å². The fourth-order valence-corrected chi connectivity index (χ4v) is 4.89. The third-order valence-corrected chi connectivity index (χ3v) is 5.45. The second kappa shape index (κ2) is 18.2. The summed E-state index contributed by atoms with van der Waals surface area (Å²) in [4.78, 5) is 0. The summed E-state index contributed by atoms with van der Waals surface area (Å²) in [5.41, 5.74) is 0. The molecule has 0 nitrogen and oxygen atoms in total. The third kappa shape index (κ3) is 19.0. The SMILES string of the molecule is CCC[CH2][Sn][CH2]CCC.[Sn].[Sn]. The summed E-state index contributed by atoms with van der Waals surface area (Å²) >= 11 is 0.149. The molecular formula is C8H18Sn3. The Labute approximate surface area is 116 Å². The molecule has 0 atom stereocenters. The first-order valence-electron chi connectivity index (χ1n) is 4.12. The maximum Gasteiger partial charge on any atom is 0 e. The Hall–Kier alpha value is 2.40.